The van der Waals surface area contributed by atoms with Crippen molar-refractivity contribution < 1.29 is 0 Å². The molecule has 0 aromatic carbocycles. The first kappa shape index (κ1) is 7.43. The van der Waals surface area contributed by atoms with Crippen molar-refractivity contribution in [1.29, 1.82) is 0 Å². The lowest BCUT2D eigenvalue weighted by molar-refractivity contribution is 1.27. The summed E-state index contributed by atoms with van der Waals surface area (Å²) in [6.45, 7) is 3.51. The quantitative estimate of drug-likeness (QED) is 0.690. The highest BCUT2D eigenvalue weighted by Gasteiger charge is 1.78. The second-order valence-electron chi connectivity index (χ2n) is 1.18. The predicted octanol–water partition coefficient (Wildman–Crippen LogP) is 1.63. The predicted molar refractivity (Wildman–Crippen MR) is 39.0 cm³/mol. The average molecular weight is 175 g/mol. The smallest absolute Gasteiger partial charge is 0.129 e. The summed E-state index contributed by atoms with van der Waals surface area (Å²) in [5.41, 5.74) is 0. The van der Waals surface area contributed by atoms with Gasteiger partial charge in [0.15, 0.2) is 0 Å². The molecule has 0 bridgehead atoms. The van der Waals surface area contributed by atoms with E-state index in [-0.39, 0.29) is 17.0 Å². The van der Waals surface area contributed by atoms with Crippen LogP contribution in [0.3, 0.4) is 0 Å². The molecule has 1 N–H and O–H groups in total. The zero-order chi connectivity index (χ0) is 5.11. The highest BCUT2D eigenvalue weighted by atomic mass is 79.9. The van der Waals surface area contributed by atoms with Crippen LogP contribution in [0.4, 0.5) is 0 Å². The van der Waals surface area contributed by atoms with Crippen molar-refractivity contribution in [3.8, 4) is 0 Å². The summed E-state index contributed by atoms with van der Waals surface area (Å²) in [5, 5.41) is 0. The summed E-state index contributed by atoms with van der Waals surface area (Å²) in [7, 11) is 0. The summed E-state index contributed by atoms with van der Waals surface area (Å²) in [6, 6.07) is 0. The van der Waals surface area contributed by atoms with Crippen molar-refractivity contribution in [3.05, 3.63) is 24.8 Å². The van der Waals surface area contributed by atoms with Gasteiger partial charge in [0.05, 0.1) is 0 Å². The fourth-order valence-corrected chi connectivity index (χ4v) is 0.389. The lowest BCUT2D eigenvalue weighted by Crippen LogP contribution is -1.67. The van der Waals surface area contributed by atoms with E-state index in [1.165, 1.54) is 0 Å². The number of rotatable bonds is 1. The fraction of sp³-hybridized carbons (Fsp3) is 0. The van der Waals surface area contributed by atoms with Gasteiger partial charge in [-0.2, -0.15) is 0 Å². The van der Waals surface area contributed by atoms with Crippen LogP contribution in [0.5, 0.6) is 0 Å². The van der Waals surface area contributed by atoms with E-state index in [0.717, 1.165) is 5.82 Å². The molecule has 8 heavy (non-hydrogen) atoms. The van der Waals surface area contributed by atoms with Crippen molar-refractivity contribution in [3.63, 3.8) is 0 Å². The Balaban J connectivity index is 0.000000490. The van der Waals surface area contributed by atoms with Gasteiger partial charge in [-0.05, 0) is 6.08 Å². The van der Waals surface area contributed by atoms with Gasteiger partial charge in [-0.15, -0.1) is 17.0 Å². The van der Waals surface area contributed by atoms with Crippen LogP contribution in [0.2, 0.25) is 0 Å². The third kappa shape index (κ3) is 1.50. The van der Waals surface area contributed by atoms with Crippen LogP contribution in [0, 0.1) is 0 Å². The molecule has 1 aromatic heterocycles. The molecule has 1 heterocycles. The summed E-state index contributed by atoms with van der Waals surface area (Å²) in [6.07, 6.45) is 5.12. The van der Waals surface area contributed by atoms with Gasteiger partial charge in [-0.1, -0.05) is 6.58 Å². The molecule has 1 aromatic rings. The molecular formula is C5H7BrN2. The van der Waals surface area contributed by atoms with E-state index in [4.69, 9.17) is 0 Å². The Labute approximate surface area is 58.4 Å². The Morgan fingerprint density at radius 3 is 2.75 bits per heavy atom. The van der Waals surface area contributed by atoms with Crippen LogP contribution in [0.25, 0.3) is 6.08 Å². The summed E-state index contributed by atoms with van der Waals surface area (Å²) >= 11 is 0. The van der Waals surface area contributed by atoms with Crippen molar-refractivity contribution in [2.45, 2.75) is 0 Å². The minimum atomic E-state index is 0. The third-order valence-corrected chi connectivity index (χ3v) is 0.713. The van der Waals surface area contributed by atoms with Crippen LogP contribution in [-0.4, -0.2) is 9.97 Å². The Kier molecular flexibility index (Phi) is 3.19. The lowest BCUT2D eigenvalue weighted by atomic mass is 10.6. The van der Waals surface area contributed by atoms with Crippen molar-refractivity contribution >= 4 is 23.1 Å². The molecule has 0 spiro atoms. The van der Waals surface area contributed by atoms with Crippen LogP contribution in [0.1, 0.15) is 5.82 Å². The Morgan fingerprint density at radius 2 is 2.50 bits per heavy atom. The summed E-state index contributed by atoms with van der Waals surface area (Å²) < 4.78 is 0. The first-order valence-corrected chi connectivity index (χ1v) is 2.05. The highest BCUT2D eigenvalue weighted by molar-refractivity contribution is 8.93. The van der Waals surface area contributed by atoms with Gasteiger partial charge in [-0.25, -0.2) is 4.98 Å². The normalized spacial score (nSPS) is 7.50. The molecule has 44 valence electrons. The Morgan fingerprint density at radius 1 is 1.75 bits per heavy atom. The Bertz CT molecular complexity index is 145. The van der Waals surface area contributed by atoms with Crippen molar-refractivity contribution in [2.24, 2.45) is 0 Å². The first-order valence-electron chi connectivity index (χ1n) is 2.05. The molecule has 1 rings (SSSR count). The molecule has 0 aliphatic heterocycles. The SMILES string of the molecule is Br.C=Cc1ncc[nH]1. The van der Waals surface area contributed by atoms with Gasteiger partial charge in [0.1, 0.15) is 5.82 Å². The molecule has 0 fully saturated rings. The molecule has 0 aliphatic rings. The molecule has 0 amide bonds. The van der Waals surface area contributed by atoms with E-state index in [0.29, 0.717) is 0 Å². The minimum absolute atomic E-state index is 0. The largest absolute Gasteiger partial charge is 0.345 e. The van der Waals surface area contributed by atoms with Crippen LogP contribution >= 0.6 is 17.0 Å². The van der Waals surface area contributed by atoms with Gasteiger partial charge in [0, 0.05) is 12.4 Å². The minimum Gasteiger partial charge on any atom is -0.345 e. The molecule has 0 radical (unpaired) electrons. The first-order chi connectivity index (χ1) is 3.43. The second kappa shape index (κ2) is 3.43. The monoisotopic (exact) mass is 174 g/mol. The van der Waals surface area contributed by atoms with E-state index in [2.05, 4.69) is 16.5 Å². The van der Waals surface area contributed by atoms with Gasteiger partial charge in [-0.3, -0.25) is 0 Å². The van der Waals surface area contributed by atoms with E-state index >= 15 is 0 Å². The zero-order valence-electron chi connectivity index (χ0n) is 4.29. The van der Waals surface area contributed by atoms with E-state index in [1.54, 1.807) is 18.5 Å². The number of H-pyrrole nitrogens is 1. The van der Waals surface area contributed by atoms with E-state index in [1.807, 2.05) is 0 Å². The molecule has 0 atom stereocenters. The summed E-state index contributed by atoms with van der Waals surface area (Å²) in [5.74, 6) is 0.819. The maximum Gasteiger partial charge on any atom is 0.129 e. The van der Waals surface area contributed by atoms with E-state index < -0.39 is 0 Å². The fourth-order valence-electron chi connectivity index (χ4n) is 0.389. The molecule has 0 saturated heterocycles. The summed E-state index contributed by atoms with van der Waals surface area (Å²) in [4.78, 5) is 6.72. The maximum atomic E-state index is 3.86. The Hall–Kier alpha value is -0.570. The van der Waals surface area contributed by atoms with Crippen molar-refractivity contribution in [1.82, 2.24) is 9.97 Å². The maximum absolute atomic E-state index is 3.86. The average Bonchev–Trinajstić information content (AvgIpc) is 2.14. The van der Waals surface area contributed by atoms with Gasteiger partial charge < -0.3 is 4.98 Å². The lowest BCUT2D eigenvalue weighted by Gasteiger charge is -1.73. The number of nitrogens with zero attached hydrogens (tertiary/aromatic N) is 1. The number of aromatic amines is 1. The number of aromatic nitrogens is 2. The molecule has 2 nitrogen and oxygen atoms in total. The number of nitrogens with one attached hydrogen (secondary N) is 1. The molecule has 0 saturated carbocycles. The van der Waals surface area contributed by atoms with Crippen LogP contribution in [-0.2, 0) is 0 Å². The topological polar surface area (TPSA) is 28.7 Å². The van der Waals surface area contributed by atoms with E-state index in [9.17, 15) is 0 Å². The second-order valence-corrected chi connectivity index (χ2v) is 1.18. The van der Waals surface area contributed by atoms with Gasteiger partial charge in [0.25, 0.3) is 0 Å². The molecule has 3 heteroatoms. The van der Waals surface area contributed by atoms with Gasteiger partial charge >= 0.3 is 0 Å². The molecule has 0 aliphatic carbocycles. The zero-order valence-corrected chi connectivity index (χ0v) is 6.01. The number of hydrogen-bond acceptors (Lipinski definition) is 1. The molecule has 0 unspecified atom stereocenters. The third-order valence-electron chi connectivity index (χ3n) is 0.713. The number of imidazole rings is 1. The molecular weight excluding hydrogens is 168 g/mol. The van der Waals surface area contributed by atoms with Crippen LogP contribution < -0.4 is 0 Å². The van der Waals surface area contributed by atoms with Crippen molar-refractivity contribution in [2.75, 3.05) is 0 Å². The van der Waals surface area contributed by atoms with Gasteiger partial charge in [0.2, 0.25) is 0 Å². The number of hydrogen-bond donors (Lipinski definition) is 1. The van der Waals surface area contributed by atoms with Crippen LogP contribution in [0.15, 0.2) is 19.0 Å². The standard InChI is InChI=1S/C5H6N2.BrH/c1-2-5-6-3-4-7-5;/h2-4H,1H2,(H,6,7);1H. The number of halogens is 1. The highest BCUT2D eigenvalue weighted by Crippen LogP contribution is 1.85.